The van der Waals surface area contributed by atoms with E-state index in [1.54, 1.807) is 0 Å². The van der Waals surface area contributed by atoms with Crippen molar-refractivity contribution < 1.29 is 0 Å². The van der Waals surface area contributed by atoms with E-state index < -0.39 is 0 Å². The van der Waals surface area contributed by atoms with Crippen molar-refractivity contribution in [3.05, 3.63) is 121 Å². The zero-order valence-electron chi connectivity index (χ0n) is 20.3. The van der Waals surface area contributed by atoms with Crippen LogP contribution in [0.4, 0.5) is 11.4 Å². The number of fused-ring (bicyclic) bond motifs is 2. The summed E-state index contributed by atoms with van der Waals surface area (Å²) in [6.07, 6.45) is 0. The molecule has 0 unspecified atom stereocenters. The Morgan fingerprint density at radius 2 is 1.22 bits per heavy atom. The maximum absolute atomic E-state index is 5.75. The van der Waals surface area contributed by atoms with Crippen molar-refractivity contribution in [3.63, 3.8) is 0 Å². The van der Waals surface area contributed by atoms with E-state index in [9.17, 15) is 0 Å². The van der Waals surface area contributed by atoms with Crippen molar-refractivity contribution in [2.24, 2.45) is 0 Å². The second-order valence-corrected chi connectivity index (χ2v) is 9.26. The summed E-state index contributed by atoms with van der Waals surface area (Å²) >= 11 is 5.75. The highest BCUT2D eigenvalue weighted by atomic mass is 32.1. The molecule has 0 amide bonds. The lowest BCUT2D eigenvalue weighted by Crippen LogP contribution is -2.30. The lowest BCUT2D eigenvalue weighted by Gasteiger charge is -2.22. The molecule has 4 nitrogen and oxygen atoms in total. The number of nitrogens with zero attached hydrogens (tertiary/aromatic N) is 3. The predicted octanol–water partition coefficient (Wildman–Crippen LogP) is 7.95. The van der Waals surface area contributed by atoms with E-state index in [4.69, 9.17) is 22.2 Å². The first-order valence-corrected chi connectivity index (χ1v) is 12.5. The molecule has 0 bridgehead atoms. The highest BCUT2D eigenvalue weighted by Crippen LogP contribution is 2.31. The second kappa shape index (κ2) is 9.80. The SMILES string of the molecule is CN(C(=S)Nc1ccc2nc(-c3ccccc3)c(-c3ccccc3)nc2c1)c1ccc2ccccc2c1. The third-order valence-corrected chi connectivity index (χ3v) is 6.81. The van der Waals surface area contributed by atoms with Crippen LogP contribution in [0.15, 0.2) is 121 Å². The molecule has 0 radical (unpaired) electrons. The lowest BCUT2D eigenvalue weighted by molar-refractivity contribution is 1.28. The van der Waals surface area contributed by atoms with Crippen LogP contribution in [0, 0.1) is 0 Å². The average molecular weight is 497 g/mol. The Bertz CT molecular complexity index is 1730. The molecule has 6 rings (SSSR count). The quantitative estimate of drug-likeness (QED) is 0.251. The van der Waals surface area contributed by atoms with Crippen LogP contribution in [-0.4, -0.2) is 22.1 Å². The van der Waals surface area contributed by atoms with Crippen LogP contribution >= 0.6 is 12.2 Å². The van der Waals surface area contributed by atoms with E-state index in [1.807, 2.05) is 78.7 Å². The molecule has 0 fully saturated rings. The molecule has 0 aliphatic carbocycles. The Balaban J connectivity index is 1.34. The fraction of sp³-hybridized carbons (Fsp3) is 0.0312. The minimum absolute atomic E-state index is 0.603. The molecular formula is C32H24N4S. The van der Waals surface area contributed by atoms with E-state index in [0.717, 1.165) is 44.9 Å². The van der Waals surface area contributed by atoms with E-state index in [2.05, 4.69) is 59.9 Å². The van der Waals surface area contributed by atoms with Gasteiger partial charge in [-0.15, -0.1) is 0 Å². The molecule has 1 N–H and O–H groups in total. The fourth-order valence-corrected chi connectivity index (χ4v) is 4.66. The summed E-state index contributed by atoms with van der Waals surface area (Å²) in [6, 6.07) is 41.0. The topological polar surface area (TPSA) is 41.0 Å². The summed E-state index contributed by atoms with van der Waals surface area (Å²) < 4.78 is 0. The second-order valence-electron chi connectivity index (χ2n) is 8.88. The Morgan fingerprint density at radius 3 is 1.89 bits per heavy atom. The average Bonchev–Trinajstić information content (AvgIpc) is 2.96. The zero-order chi connectivity index (χ0) is 25.2. The van der Waals surface area contributed by atoms with Crippen LogP contribution in [0.25, 0.3) is 44.3 Å². The number of anilines is 2. The zero-order valence-corrected chi connectivity index (χ0v) is 21.1. The first kappa shape index (κ1) is 22.8. The molecule has 0 aliphatic heterocycles. The van der Waals surface area contributed by atoms with Crippen LogP contribution in [0.5, 0.6) is 0 Å². The van der Waals surface area contributed by atoms with Crippen LogP contribution in [0.1, 0.15) is 0 Å². The molecule has 0 saturated carbocycles. The third-order valence-electron chi connectivity index (χ3n) is 6.43. The van der Waals surface area contributed by atoms with Gasteiger partial charge in [0.2, 0.25) is 0 Å². The highest BCUT2D eigenvalue weighted by molar-refractivity contribution is 7.80. The van der Waals surface area contributed by atoms with Crippen molar-refractivity contribution in [1.82, 2.24) is 9.97 Å². The number of hydrogen-bond acceptors (Lipinski definition) is 3. The highest BCUT2D eigenvalue weighted by Gasteiger charge is 2.14. The predicted molar refractivity (Wildman–Crippen MR) is 159 cm³/mol. The summed E-state index contributed by atoms with van der Waals surface area (Å²) in [7, 11) is 1.97. The van der Waals surface area contributed by atoms with Gasteiger partial charge in [-0.2, -0.15) is 0 Å². The van der Waals surface area contributed by atoms with Gasteiger partial charge in [0.1, 0.15) is 0 Å². The summed E-state index contributed by atoms with van der Waals surface area (Å²) in [5, 5.41) is 6.36. The molecule has 1 aromatic heterocycles. The number of aromatic nitrogens is 2. The first-order chi connectivity index (χ1) is 18.2. The van der Waals surface area contributed by atoms with Crippen LogP contribution in [0.3, 0.4) is 0 Å². The largest absolute Gasteiger partial charge is 0.332 e. The van der Waals surface area contributed by atoms with E-state index in [0.29, 0.717) is 5.11 Å². The minimum Gasteiger partial charge on any atom is -0.332 e. The van der Waals surface area contributed by atoms with Crippen LogP contribution < -0.4 is 10.2 Å². The van der Waals surface area contributed by atoms with Gasteiger partial charge in [0.15, 0.2) is 5.11 Å². The van der Waals surface area contributed by atoms with Crippen LogP contribution in [0.2, 0.25) is 0 Å². The molecule has 37 heavy (non-hydrogen) atoms. The molecule has 6 aromatic rings. The Kier molecular flexibility index (Phi) is 6.05. The minimum atomic E-state index is 0.603. The number of rotatable bonds is 4. The van der Waals surface area contributed by atoms with Crippen molar-refractivity contribution in [2.45, 2.75) is 0 Å². The molecule has 0 spiro atoms. The van der Waals surface area contributed by atoms with E-state index in [1.165, 1.54) is 10.8 Å². The van der Waals surface area contributed by atoms with Gasteiger partial charge >= 0.3 is 0 Å². The number of nitrogens with one attached hydrogen (secondary N) is 1. The standard InChI is InChI=1S/C32H24N4S/c1-36(27-18-16-22-10-8-9-15-25(22)20-27)32(37)33-26-17-19-28-29(21-26)35-31(24-13-6-3-7-14-24)30(34-28)23-11-4-2-5-12-23/h2-21H,1H3,(H,33,37). The van der Waals surface area contributed by atoms with Gasteiger partial charge in [-0.3, -0.25) is 0 Å². The molecular weight excluding hydrogens is 472 g/mol. The summed E-state index contributed by atoms with van der Waals surface area (Å²) in [4.78, 5) is 12.1. The third kappa shape index (κ3) is 4.65. The molecule has 0 saturated heterocycles. The molecule has 5 aromatic carbocycles. The number of hydrogen-bond donors (Lipinski definition) is 1. The molecule has 5 heteroatoms. The number of thiocarbonyl (C=S) groups is 1. The fourth-order valence-electron chi connectivity index (χ4n) is 4.44. The Labute approximate surface area is 221 Å². The van der Waals surface area contributed by atoms with E-state index >= 15 is 0 Å². The van der Waals surface area contributed by atoms with Crippen LogP contribution in [-0.2, 0) is 0 Å². The molecule has 178 valence electrons. The lowest BCUT2D eigenvalue weighted by atomic mass is 10.0. The van der Waals surface area contributed by atoms with Gasteiger partial charge < -0.3 is 10.2 Å². The first-order valence-electron chi connectivity index (χ1n) is 12.1. The van der Waals surface area contributed by atoms with E-state index in [-0.39, 0.29) is 0 Å². The van der Waals surface area contributed by atoms with Crippen molar-refractivity contribution in [2.75, 3.05) is 17.3 Å². The summed E-state index contributed by atoms with van der Waals surface area (Å²) in [5.74, 6) is 0. The van der Waals surface area contributed by atoms with Gasteiger partial charge in [0.05, 0.1) is 22.4 Å². The summed E-state index contributed by atoms with van der Waals surface area (Å²) in [5.41, 5.74) is 7.31. The van der Waals surface area contributed by atoms with Gasteiger partial charge in [-0.1, -0.05) is 91.0 Å². The molecule has 0 aliphatic rings. The molecule has 0 atom stereocenters. The normalized spacial score (nSPS) is 10.9. The summed E-state index contributed by atoms with van der Waals surface area (Å²) in [6.45, 7) is 0. The smallest absolute Gasteiger partial charge is 0.177 e. The van der Waals surface area contributed by atoms with Crippen molar-refractivity contribution in [3.8, 4) is 22.5 Å². The van der Waals surface area contributed by atoms with Crippen molar-refractivity contribution >= 4 is 50.5 Å². The monoisotopic (exact) mass is 496 g/mol. The Morgan fingerprint density at radius 1 is 0.622 bits per heavy atom. The van der Waals surface area contributed by atoms with Gasteiger partial charge in [0, 0.05) is 29.5 Å². The van der Waals surface area contributed by atoms with Gasteiger partial charge in [-0.05, 0) is 53.3 Å². The molecule has 1 heterocycles. The Hall–Kier alpha value is -4.61. The number of benzene rings is 5. The maximum atomic E-state index is 5.75. The van der Waals surface area contributed by atoms with Gasteiger partial charge in [-0.25, -0.2) is 9.97 Å². The van der Waals surface area contributed by atoms with Crippen molar-refractivity contribution in [1.29, 1.82) is 0 Å². The maximum Gasteiger partial charge on any atom is 0.177 e. The van der Waals surface area contributed by atoms with Gasteiger partial charge in [0.25, 0.3) is 0 Å².